The number of amides is 1. The lowest BCUT2D eigenvalue weighted by Gasteiger charge is -2.13. The number of benzene rings is 1. The van der Waals surface area contributed by atoms with E-state index >= 15 is 0 Å². The summed E-state index contributed by atoms with van der Waals surface area (Å²) in [5.41, 5.74) is 6.37. The van der Waals surface area contributed by atoms with Crippen molar-refractivity contribution < 1.29 is 9.90 Å². The van der Waals surface area contributed by atoms with E-state index in [0.29, 0.717) is 5.69 Å². The van der Waals surface area contributed by atoms with E-state index in [4.69, 9.17) is 10.8 Å². The molecule has 4 nitrogen and oxygen atoms in total. The van der Waals surface area contributed by atoms with Gasteiger partial charge in [-0.1, -0.05) is 13.3 Å². The molecule has 1 aromatic rings. The number of hydrogen-bond acceptors (Lipinski definition) is 3. The Morgan fingerprint density at radius 2 is 1.89 bits per heavy atom. The topological polar surface area (TPSA) is 75.4 Å². The number of phenolic OH excluding ortho intramolecular Hbond substituents is 1. The van der Waals surface area contributed by atoms with Gasteiger partial charge in [-0.15, -0.1) is 0 Å². The zero-order valence-electron chi connectivity index (χ0n) is 11.0. The maximum Gasteiger partial charge on any atom is 0.227 e. The molecule has 4 N–H and O–H groups in total. The van der Waals surface area contributed by atoms with E-state index < -0.39 is 0 Å². The van der Waals surface area contributed by atoms with E-state index in [9.17, 15) is 4.79 Å². The molecule has 1 rings (SSSR count). The summed E-state index contributed by atoms with van der Waals surface area (Å²) >= 11 is 0. The predicted octanol–water partition coefficient (Wildman–Crippen LogP) is 2.48. The summed E-state index contributed by atoms with van der Waals surface area (Å²) in [5.74, 6) is 0.167. The average Bonchev–Trinajstić information content (AvgIpc) is 2.31. The molecule has 0 spiro atoms. The van der Waals surface area contributed by atoms with Crippen LogP contribution in [0.3, 0.4) is 0 Å². The molecule has 2 atom stereocenters. The molecule has 0 aliphatic rings. The predicted molar refractivity (Wildman–Crippen MR) is 73.4 cm³/mol. The van der Waals surface area contributed by atoms with Crippen LogP contribution < -0.4 is 11.1 Å². The van der Waals surface area contributed by atoms with Crippen LogP contribution >= 0.6 is 0 Å². The van der Waals surface area contributed by atoms with Crippen LogP contribution in [0, 0.1) is 5.92 Å². The normalized spacial score (nSPS) is 13.9. The van der Waals surface area contributed by atoms with Gasteiger partial charge in [-0.2, -0.15) is 0 Å². The van der Waals surface area contributed by atoms with Crippen LogP contribution in [0.1, 0.15) is 33.1 Å². The second-order valence-corrected chi connectivity index (χ2v) is 4.85. The standard InChI is InChI=1S/C14H22N2O2/c1-10(4-3-5-11(2)15)14(18)16-12-6-8-13(17)9-7-12/h6-11,17H,3-5,15H2,1-2H3,(H,16,18). The van der Waals surface area contributed by atoms with Gasteiger partial charge >= 0.3 is 0 Å². The van der Waals surface area contributed by atoms with Crippen LogP contribution in [0.2, 0.25) is 0 Å². The molecule has 4 heteroatoms. The van der Waals surface area contributed by atoms with Crippen LogP contribution in [0.15, 0.2) is 24.3 Å². The molecule has 2 unspecified atom stereocenters. The number of carbonyl (C=O) groups excluding carboxylic acids is 1. The van der Waals surface area contributed by atoms with Crippen molar-refractivity contribution in [2.24, 2.45) is 11.7 Å². The molecule has 1 aromatic carbocycles. The number of nitrogens with two attached hydrogens (primary N) is 1. The maximum atomic E-state index is 11.9. The van der Waals surface area contributed by atoms with Crippen molar-refractivity contribution in [3.8, 4) is 5.75 Å². The minimum Gasteiger partial charge on any atom is -0.508 e. The molecule has 100 valence electrons. The summed E-state index contributed by atoms with van der Waals surface area (Å²) in [6.07, 6.45) is 2.74. The van der Waals surface area contributed by atoms with Crippen LogP contribution in [-0.4, -0.2) is 17.1 Å². The van der Waals surface area contributed by atoms with Gasteiger partial charge in [0.25, 0.3) is 0 Å². The van der Waals surface area contributed by atoms with Gasteiger partial charge in [-0.25, -0.2) is 0 Å². The minimum absolute atomic E-state index is 0.00497. The second kappa shape index (κ2) is 7.01. The van der Waals surface area contributed by atoms with Gasteiger partial charge in [0.05, 0.1) is 0 Å². The molecule has 0 saturated carbocycles. The monoisotopic (exact) mass is 250 g/mol. The Morgan fingerprint density at radius 3 is 2.44 bits per heavy atom. The van der Waals surface area contributed by atoms with Gasteiger partial charge < -0.3 is 16.2 Å². The quantitative estimate of drug-likeness (QED) is 0.679. The summed E-state index contributed by atoms with van der Waals surface area (Å²) in [6, 6.07) is 6.66. The number of anilines is 1. The summed E-state index contributed by atoms with van der Waals surface area (Å²) in [7, 11) is 0. The number of nitrogens with one attached hydrogen (secondary N) is 1. The van der Waals surface area contributed by atoms with Gasteiger partial charge in [-0.3, -0.25) is 4.79 Å². The molecule has 0 radical (unpaired) electrons. The minimum atomic E-state index is -0.0300. The highest BCUT2D eigenvalue weighted by Gasteiger charge is 2.12. The fourth-order valence-corrected chi connectivity index (χ4v) is 1.69. The summed E-state index contributed by atoms with van der Waals surface area (Å²) in [4.78, 5) is 11.9. The van der Waals surface area contributed by atoms with Gasteiger partial charge in [0, 0.05) is 17.6 Å². The van der Waals surface area contributed by atoms with E-state index in [1.807, 2.05) is 13.8 Å². The van der Waals surface area contributed by atoms with Crippen molar-refractivity contribution in [2.75, 3.05) is 5.32 Å². The number of carbonyl (C=O) groups is 1. The largest absolute Gasteiger partial charge is 0.508 e. The molecule has 0 aromatic heterocycles. The van der Waals surface area contributed by atoms with Crippen molar-refractivity contribution >= 4 is 11.6 Å². The highest BCUT2D eigenvalue weighted by atomic mass is 16.3. The maximum absolute atomic E-state index is 11.9. The van der Waals surface area contributed by atoms with E-state index in [-0.39, 0.29) is 23.6 Å². The highest BCUT2D eigenvalue weighted by Crippen LogP contribution is 2.16. The first-order valence-corrected chi connectivity index (χ1v) is 6.34. The van der Waals surface area contributed by atoms with E-state index in [2.05, 4.69) is 5.32 Å². The lowest BCUT2D eigenvalue weighted by molar-refractivity contribution is -0.119. The third-order valence-corrected chi connectivity index (χ3v) is 2.88. The fraction of sp³-hybridized carbons (Fsp3) is 0.500. The first-order valence-electron chi connectivity index (χ1n) is 6.34. The summed E-state index contributed by atoms with van der Waals surface area (Å²) in [5, 5.41) is 12.0. The van der Waals surface area contributed by atoms with Crippen LogP contribution in [-0.2, 0) is 4.79 Å². The molecule has 18 heavy (non-hydrogen) atoms. The Labute approximate surface area is 108 Å². The molecule has 0 aliphatic carbocycles. The molecular formula is C14H22N2O2. The Kier molecular flexibility index (Phi) is 5.65. The molecule has 0 fully saturated rings. The Balaban J connectivity index is 2.37. The lowest BCUT2D eigenvalue weighted by Crippen LogP contribution is -2.21. The first-order chi connectivity index (χ1) is 8.49. The Hall–Kier alpha value is -1.55. The molecule has 1 amide bonds. The smallest absolute Gasteiger partial charge is 0.227 e. The fourth-order valence-electron chi connectivity index (χ4n) is 1.69. The van der Waals surface area contributed by atoms with E-state index in [1.54, 1.807) is 24.3 Å². The van der Waals surface area contributed by atoms with Crippen molar-refractivity contribution in [2.45, 2.75) is 39.2 Å². The van der Waals surface area contributed by atoms with Crippen molar-refractivity contribution in [3.05, 3.63) is 24.3 Å². The van der Waals surface area contributed by atoms with Crippen molar-refractivity contribution in [1.29, 1.82) is 0 Å². The Bertz CT molecular complexity index is 374. The third-order valence-electron chi connectivity index (χ3n) is 2.88. The molecule has 0 heterocycles. The zero-order valence-corrected chi connectivity index (χ0v) is 11.0. The molecule has 0 aliphatic heterocycles. The first kappa shape index (κ1) is 14.5. The lowest BCUT2D eigenvalue weighted by atomic mass is 10.0. The summed E-state index contributed by atoms with van der Waals surface area (Å²) in [6.45, 7) is 3.89. The number of aromatic hydroxyl groups is 1. The molecule has 0 bridgehead atoms. The third kappa shape index (κ3) is 5.19. The van der Waals surface area contributed by atoms with Gasteiger partial charge in [0.2, 0.25) is 5.91 Å². The van der Waals surface area contributed by atoms with E-state index in [1.165, 1.54) is 0 Å². The number of rotatable bonds is 6. The van der Waals surface area contributed by atoms with Crippen LogP contribution in [0.5, 0.6) is 5.75 Å². The summed E-state index contributed by atoms with van der Waals surface area (Å²) < 4.78 is 0. The molecule has 0 saturated heterocycles. The van der Waals surface area contributed by atoms with Crippen LogP contribution in [0.25, 0.3) is 0 Å². The van der Waals surface area contributed by atoms with Gasteiger partial charge in [-0.05, 0) is 44.0 Å². The van der Waals surface area contributed by atoms with E-state index in [0.717, 1.165) is 19.3 Å². The second-order valence-electron chi connectivity index (χ2n) is 4.85. The highest BCUT2D eigenvalue weighted by molar-refractivity contribution is 5.92. The average molecular weight is 250 g/mol. The van der Waals surface area contributed by atoms with Gasteiger partial charge in [0.15, 0.2) is 0 Å². The Morgan fingerprint density at radius 1 is 1.28 bits per heavy atom. The number of hydrogen-bond donors (Lipinski definition) is 3. The SMILES string of the molecule is CC(N)CCCC(C)C(=O)Nc1ccc(O)cc1. The van der Waals surface area contributed by atoms with Crippen molar-refractivity contribution in [1.82, 2.24) is 0 Å². The van der Waals surface area contributed by atoms with Crippen LogP contribution in [0.4, 0.5) is 5.69 Å². The zero-order chi connectivity index (χ0) is 13.5. The van der Waals surface area contributed by atoms with Crippen molar-refractivity contribution in [3.63, 3.8) is 0 Å². The number of phenols is 1. The molecular weight excluding hydrogens is 228 g/mol. The van der Waals surface area contributed by atoms with Gasteiger partial charge in [0.1, 0.15) is 5.75 Å².